The molecule has 2 saturated heterocycles. The zero-order valence-electron chi connectivity index (χ0n) is 18.0. The molecule has 0 atom stereocenters. The molecule has 7 heteroatoms. The second kappa shape index (κ2) is 9.10. The lowest BCUT2D eigenvalue weighted by Crippen LogP contribution is -2.47. The van der Waals surface area contributed by atoms with E-state index in [9.17, 15) is 4.79 Å². The third-order valence-corrected chi connectivity index (χ3v) is 7.69. The van der Waals surface area contributed by atoms with Crippen molar-refractivity contribution in [2.75, 3.05) is 33.2 Å². The van der Waals surface area contributed by atoms with Gasteiger partial charge < -0.3 is 9.80 Å². The van der Waals surface area contributed by atoms with Gasteiger partial charge in [0.15, 0.2) is 0 Å². The molecule has 0 bridgehead atoms. The van der Waals surface area contributed by atoms with Crippen LogP contribution in [0.3, 0.4) is 0 Å². The van der Waals surface area contributed by atoms with Gasteiger partial charge in [-0.25, -0.2) is 9.97 Å². The van der Waals surface area contributed by atoms with Gasteiger partial charge in [-0.05, 0) is 70.5 Å². The molecule has 0 amide bonds. The number of fused-ring (bicyclic) bond motifs is 1. The Morgan fingerprint density at radius 1 is 1.10 bits per heavy atom. The minimum atomic E-state index is 0.144. The highest BCUT2D eigenvalue weighted by atomic mass is 32.1. The van der Waals surface area contributed by atoms with E-state index in [1.165, 1.54) is 25.9 Å². The standard InChI is InChI=1S/C24H29N5OS/c1-28-8-6-20(7-9-28)29-10-4-17(5-11-29)22(30)13-24-26-14-19-3-2-18(12-21(19)27-24)23-15-25-16-31-23/h2-3,12,14-17,20H,4-11,13H2,1H3. The van der Waals surface area contributed by atoms with E-state index in [2.05, 4.69) is 38.9 Å². The van der Waals surface area contributed by atoms with Crippen LogP contribution in [0.4, 0.5) is 0 Å². The predicted octanol–water partition coefficient (Wildman–Crippen LogP) is 3.67. The molecule has 2 aliphatic rings. The van der Waals surface area contributed by atoms with Crippen LogP contribution in [0.1, 0.15) is 31.5 Å². The lowest BCUT2D eigenvalue weighted by Gasteiger charge is -2.40. The van der Waals surface area contributed by atoms with Gasteiger partial charge in [-0.3, -0.25) is 9.78 Å². The van der Waals surface area contributed by atoms with E-state index in [1.807, 2.05) is 24.0 Å². The van der Waals surface area contributed by atoms with Crippen molar-refractivity contribution in [2.45, 2.75) is 38.1 Å². The largest absolute Gasteiger partial charge is 0.306 e. The van der Waals surface area contributed by atoms with Crippen molar-refractivity contribution in [1.82, 2.24) is 24.8 Å². The minimum Gasteiger partial charge on any atom is -0.306 e. The van der Waals surface area contributed by atoms with E-state index < -0.39 is 0 Å². The lowest BCUT2D eigenvalue weighted by atomic mass is 9.89. The van der Waals surface area contributed by atoms with Gasteiger partial charge in [-0.1, -0.05) is 12.1 Å². The number of thiazole rings is 1. The number of nitrogens with zero attached hydrogens (tertiary/aromatic N) is 5. The van der Waals surface area contributed by atoms with Gasteiger partial charge in [0.25, 0.3) is 0 Å². The molecule has 0 aliphatic carbocycles. The SMILES string of the molecule is CN1CCC(N2CCC(C(=O)Cc3ncc4ccc(-c5cncs5)cc4n3)CC2)CC1. The summed E-state index contributed by atoms with van der Waals surface area (Å²) >= 11 is 1.61. The summed E-state index contributed by atoms with van der Waals surface area (Å²) in [5.41, 5.74) is 3.83. The smallest absolute Gasteiger partial charge is 0.143 e. The molecule has 0 N–H and O–H groups in total. The fraction of sp³-hybridized carbons (Fsp3) is 0.500. The van der Waals surface area contributed by atoms with Gasteiger partial charge in [-0.2, -0.15) is 0 Å². The van der Waals surface area contributed by atoms with Crippen LogP contribution >= 0.6 is 11.3 Å². The fourth-order valence-corrected chi connectivity index (χ4v) is 5.53. The molecule has 0 spiro atoms. The first-order valence-corrected chi connectivity index (χ1v) is 12.1. The van der Waals surface area contributed by atoms with Crippen LogP contribution in [0, 0.1) is 5.92 Å². The van der Waals surface area contributed by atoms with Gasteiger partial charge in [0.05, 0.1) is 22.3 Å². The third kappa shape index (κ3) is 4.68. The third-order valence-electron chi connectivity index (χ3n) is 6.87. The number of likely N-dealkylation sites (tertiary alicyclic amines) is 2. The molecular weight excluding hydrogens is 406 g/mol. The Morgan fingerprint density at radius 3 is 2.65 bits per heavy atom. The molecule has 2 fully saturated rings. The maximum Gasteiger partial charge on any atom is 0.143 e. The van der Waals surface area contributed by atoms with E-state index in [0.29, 0.717) is 24.1 Å². The molecule has 2 aliphatic heterocycles. The number of benzene rings is 1. The van der Waals surface area contributed by atoms with Crippen molar-refractivity contribution in [1.29, 1.82) is 0 Å². The fourth-order valence-electron chi connectivity index (χ4n) is 4.91. The molecule has 2 aromatic heterocycles. The summed E-state index contributed by atoms with van der Waals surface area (Å²) in [5.74, 6) is 1.07. The normalized spacial score (nSPS) is 19.8. The molecular formula is C24H29N5OS. The van der Waals surface area contributed by atoms with E-state index >= 15 is 0 Å². The Morgan fingerprint density at radius 2 is 1.90 bits per heavy atom. The number of ketones is 1. The Labute approximate surface area is 187 Å². The summed E-state index contributed by atoms with van der Waals surface area (Å²) in [6, 6.07) is 6.87. The highest BCUT2D eigenvalue weighted by Crippen LogP contribution is 2.27. The molecule has 6 nitrogen and oxygen atoms in total. The van der Waals surface area contributed by atoms with Gasteiger partial charge >= 0.3 is 0 Å². The molecule has 162 valence electrons. The maximum absolute atomic E-state index is 13.0. The molecule has 0 saturated carbocycles. The number of carbonyl (C=O) groups is 1. The number of piperidine rings is 2. The highest BCUT2D eigenvalue weighted by Gasteiger charge is 2.30. The van der Waals surface area contributed by atoms with Crippen molar-refractivity contribution in [3.63, 3.8) is 0 Å². The summed E-state index contributed by atoms with van der Waals surface area (Å²) in [7, 11) is 2.20. The first kappa shape index (κ1) is 20.7. The predicted molar refractivity (Wildman–Crippen MR) is 124 cm³/mol. The van der Waals surface area contributed by atoms with Crippen molar-refractivity contribution in [3.05, 3.63) is 41.9 Å². The van der Waals surface area contributed by atoms with E-state index in [-0.39, 0.29) is 5.92 Å². The van der Waals surface area contributed by atoms with Crippen LogP contribution in [0.5, 0.6) is 0 Å². The number of rotatable bonds is 5. The monoisotopic (exact) mass is 435 g/mol. The molecule has 3 aromatic rings. The average Bonchev–Trinajstić information content (AvgIpc) is 3.34. The number of aromatic nitrogens is 3. The van der Waals surface area contributed by atoms with Gasteiger partial charge in [-0.15, -0.1) is 11.3 Å². The number of carbonyl (C=O) groups excluding carboxylic acids is 1. The van der Waals surface area contributed by atoms with E-state index in [4.69, 9.17) is 4.98 Å². The zero-order valence-corrected chi connectivity index (χ0v) is 18.9. The summed E-state index contributed by atoms with van der Waals surface area (Å²) in [5, 5.41) is 0.996. The Bertz CT molecular complexity index is 1040. The van der Waals surface area contributed by atoms with Crippen molar-refractivity contribution in [3.8, 4) is 10.4 Å². The first-order valence-electron chi connectivity index (χ1n) is 11.3. The van der Waals surface area contributed by atoms with Crippen molar-refractivity contribution < 1.29 is 4.79 Å². The molecule has 31 heavy (non-hydrogen) atoms. The highest BCUT2D eigenvalue weighted by molar-refractivity contribution is 7.13. The molecule has 4 heterocycles. The molecule has 0 unspecified atom stereocenters. The average molecular weight is 436 g/mol. The second-order valence-electron chi connectivity index (χ2n) is 8.91. The second-order valence-corrected chi connectivity index (χ2v) is 9.80. The van der Waals surface area contributed by atoms with Crippen LogP contribution in [0.15, 0.2) is 36.1 Å². The van der Waals surface area contributed by atoms with E-state index in [1.54, 1.807) is 11.3 Å². The maximum atomic E-state index is 13.0. The van der Waals surface area contributed by atoms with Crippen LogP contribution < -0.4 is 0 Å². The van der Waals surface area contributed by atoms with Crippen LogP contribution in [-0.2, 0) is 11.2 Å². The Balaban J connectivity index is 1.21. The summed E-state index contributed by atoms with van der Waals surface area (Å²) in [4.78, 5) is 32.5. The first-order chi connectivity index (χ1) is 15.2. The van der Waals surface area contributed by atoms with E-state index in [0.717, 1.165) is 47.3 Å². The Kier molecular flexibility index (Phi) is 6.07. The van der Waals surface area contributed by atoms with Crippen LogP contribution in [-0.4, -0.2) is 69.8 Å². The molecule has 5 rings (SSSR count). The molecule has 0 radical (unpaired) electrons. The van der Waals surface area contributed by atoms with Crippen LogP contribution in [0.2, 0.25) is 0 Å². The number of hydrogen-bond donors (Lipinski definition) is 0. The van der Waals surface area contributed by atoms with Gasteiger partial charge in [0.1, 0.15) is 11.6 Å². The van der Waals surface area contributed by atoms with Gasteiger partial charge in [0, 0.05) is 29.7 Å². The zero-order chi connectivity index (χ0) is 21.2. The number of hydrogen-bond acceptors (Lipinski definition) is 7. The quantitative estimate of drug-likeness (QED) is 0.609. The van der Waals surface area contributed by atoms with Crippen molar-refractivity contribution in [2.24, 2.45) is 5.92 Å². The molecule has 1 aromatic carbocycles. The van der Waals surface area contributed by atoms with Crippen LogP contribution in [0.25, 0.3) is 21.3 Å². The lowest BCUT2D eigenvalue weighted by molar-refractivity contribution is -0.124. The summed E-state index contributed by atoms with van der Waals surface area (Å²) in [6.45, 7) is 4.46. The van der Waals surface area contributed by atoms with Gasteiger partial charge in [0.2, 0.25) is 0 Å². The topological polar surface area (TPSA) is 62.2 Å². The van der Waals surface area contributed by atoms with Crippen molar-refractivity contribution >= 4 is 28.0 Å². The summed E-state index contributed by atoms with van der Waals surface area (Å²) in [6.07, 6.45) is 8.48. The summed E-state index contributed by atoms with van der Waals surface area (Å²) < 4.78 is 0. The minimum absolute atomic E-state index is 0.144. The Hall–Kier alpha value is -2.22. The number of Topliss-reactive ketones (excluding diaryl/α,β-unsaturated/α-hetero) is 1.